The third kappa shape index (κ3) is 6.23. The minimum Gasteiger partial charge on any atom is -0.320 e. The van der Waals surface area contributed by atoms with Crippen molar-refractivity contribution in [3.05, 3.63) is 42.0 Å². The van der Waals surface area contributed by atoms with E-state index in [1.54, 1.807) is 6.07 Å². The normalized spacial score (nSPS) is 16.5. The van der Waals surface area contributed by atoms with Crippen LogP contribution in [0.4, 0.5) is 0 Å². The molecule has 3 rings (SSSR count). The van der Waals surface area contributed by atoms with Crippen LogP contribution in [0.2, 0.25) is 0 Å². The summed E-state index contributed by atoms with van der Waals surface area (Å²) in [6.07, 6.45) is 2.01. The molecule has 0 aromatic heterocycles. The van der Waals surface area contributed by atoms with Crippen LogP contribution in [0.1, 0.15) is 18.4 Å². The van der Waals surface area contributed by atoms with E-state index in [-0.39, 0.29) is 0 Å². The molecule has 0 unspecified atom stereocenters. The molecule has 0 amide bonds. The van der Waals surface area contributed by atoms with Crippen molar-refractivity contribution < 1.29 is 8.42 Å². The largest absolute Gasteiger partial charge is 0.320 e. The van der Waals surface area contributed by atoms with Crippen molar-refractivity contribution in [1.82, 2.24) is 19.8 Å². The lowest BCUT2D eigenvalue weighted by molar-refractivity contribution is 0.131. The molecule has 0 radical (unpaired) electrons. The second kappa shape index (κ2) is 10.5. The third-order valence-corrected chi connectivity index (χ3v) is 7.11. The highest BCUT2D eigenvalue weighted by Crippen LogP contribution is 2.23. The van der Waals surface area contributed by atoms with Gasteiger partial charge in [0.25, 0.3) is 0 Å². The van der Waals surface area contributed by atoms with Crippen LogP contribution in [0, 0.1) is 6.92 Å². The minimum absolute atomic E-state index is 0.366. The Kier molecular flexibility index (Phi) is 8.03. The number of nitrogens with zero attached hydrogens (tertiary/aromatic N) is 2. The molecular formula is C22H34N4O2S. The van der Waals surface area contributed by atoms with Crippen LogP contribution >= 0.6 is 0 Å². The number of benzene rings is 2. The molecule has 2 aromatic rings. The van der Waals surface area contributed by atoms with Gasteiger partial charge in [-0.25, -0.2) is 13.1 Å². The first-order valence-corrected chi connectivity index (χ1v) is 12.1. The van der Waals surface area contributed by atoms with Gasteiger partial charge >= 0.3 is 0 Å². The quantitative estimate of drug-likeness (QED) is 0.578. The molecule has 6 nitrogen and oxygen atoms in total. The van der Waals surface area contributed by atoms with E-state index in [1.165, 1.54) is 6.42 Å². The van der Waals surface area contributed by atoms with E-state index in [4.69, 9.17) is 0 Å². The van der Waals surface area contributed by atoms with Crippen LogP contribution in [0.25, 0.3) is 10.8 Å². The topological polar surface area (TPSA) is 64.7 Å². The molecule has 7 heteroatoms. The molecular weight excluding hydrogens is 384 g/mol. The third-order valence-electron chi connectivity index (χ3n) is 5.59. The molecule has 1 fully saturated rings. The fourth-order valence-electron chi connectivity index (χ4n) is 3.91. The number of rotatable bonds is 10. The van der Waals surface area contributed by atoms with E-state index in [0.29, 0.717) is 11.4 Å². The number of aryl methyl sites for hydroxylation is 1. The number of fused-ring (bicyclic) bond motifs is 1. The van der Waals surface area contributed by atoms with Crippen molar-refractivity contribution in [1.29, 1.82) is 0 Å². The predicted molar refractivity (Wildman–Crippen MR) is 120 cm³/mol. The van der Waals surface area contributed by atoms with Crippen LogP contribution < -0.4 is 10.0 Å². The zero-order valence-electron chi connectivity index (χ0n) is 17.7. The number of nitrogens with one attached hydrogen (secondary N) is 2. The molecule has 1 aliphatic rings. The Balaban J connectivity index is 1.45. The van der Waals surface area contributed by atoms with Gasteiger partial charge in [-0.15, -0.1) is 0 Å². The van der Waals surface area contributed by atoms with Crippen molar-refractivity contribution in [2.24, 2.45) is 0 Å². The van der Waals surface area contributed by atoms with Crippen LogP contribution in [-0.2, 0) is 10.0 Å². The van der Waals surface area contributed by atoms with Gasteiger partial charge in [0.05, 0.1) is 4.90 Å². The van der Waals surface area contributed by atoms with Crippen molar-refractivity contribution in [2.45, 2.75) is 24.7 Å². The molecule has 2 N–H and O–H groups in total. The van der Waals surface area contributed by atoms with Gasteiger partial charge in [0.1, 0.15) is 0 Å². The van der Waals surface area contributed by atoms with Gasteiger partial charge in [-0.2, -0.15) is 0 Å². The Labute approximate surface area is 175 Å². The van der Waals surface area contributed by atoms with Crippen molar-refractivity contribution >= 4 is 20.8 Å². The molecule has 0 saturated carbocycles. The van der Waals surface area contributed by atoms with E-state index in [0.717, 1.165) is 68.6 Å². The maximum Gasteiger partial charge on any atom is 0.241 e. The predicted octanol–water partition coefficient (Wildman–Crippen LogP) is 2.04. The minimum atomic E-state index is -3.51. The molecule has 1 aliphatic heterocycles. The molecule has 0 atom stereocenters. The number of hydrogen-bond acceptors (Lipinski definition) is 5. The van der Waals surface area contributed by atoms with Crippen LogP contribution in [0.3, 0.4) is 0 Å². The van der Waals surface area contributed by atoms with Crippen LogP contribution in [0.5, 0.6) is 0 Å². The van der Waals surface area contributed by atoms with Crippen molar-refractivity contribution in [3.63, 3.8) is 0 Å². The van der Waals surface area contributed by atoms with E-state index in [2.05, 4.69) is 19.8 Å². The lowest BCUT2D eigenvalue weighted by atomic mass is 10.1. The Morgan fingerprint density at radius 2 is 1.59 bits per heavy atom. The summed E-state index contributed by atoms with van der Waals surface area (Å²) in [6.45, 7) is 9.96. The van der Waals surface area contributed by atoms with Gasteiger partial charge in [-0.3, -0.25) is 0 Å². The smallest absolute Gasteiger partial charge is 0.241 e. The maximum atomic E-state index is 12.8. The molecule has 1 saturated heterocycles. The monoisotopic (exact) mass is 418 g/mol. The van der Waals surface area contributed by atoms with Gasteiger partial charge in [0, 0.05) is 38.1 Å². The maximum absolute atomic E-state index is 12.8. The summed E-state index contributed by atoms with van der Waals surface area (Å²) in [7, 11) is -1.51. The van der Waals surface area contributed by atoms with E-state index in [9.17, 15) is 8.42 Å². The van der Waals surface area contributed by atoms with E-state index >= 15 is 0 Å². The summed E-state index contributed by atoms with van der Waals surface area (Å²) in [5, 5.41) is 4.93. The van der Waals surface area contributed by atoms with Gasteiger partial charge in [-0.05, 0) is 57.9 Å². The van der Waals surface area contributed by atoms with Gasteiger partial charge in [-0.1, -0.05) is 35.9 Å². The Morgan fingerprint density at radius 3 is 2.24 bits per heavy atom. The van der Waals surface area contributed by atoms with E-state index < -0.39 is 10.0 Å². The van der Waals surface area contributed by atoms with Crippen LogP contribution in [0.15, 0.2) is 41.3 Å². The fraction of sp³-hybridized carbons (Fsp3) is 0.545. The lowest BCUT2D eigenvalue weighted by Gasteiger charge is -2.34. The summed E-state index contributed by atoms with van der Waals surface area (Å²) in [5.41, 5.74) is 1.13. The van der Waals surface area contributed by atoms with Crippen LogP contribution in [-0.4, -0.2) is 77.6 Å². The second-order valence-electron chi connectivity index (χ2n) is 7.87. The average Bonchev–Trinajstić information content (AvgIpc) is 2.72. The zero-order valence-corrected chi connectivity index (χ0v) is 18.5. The molecule has 2 aromatic carbocycles. The Bertz CT molecular complexity index is 893. The van der Waals surface area contributed by atoms with Crippen molar-refractivity contribution in [2.75, 3.05) is 59.4 Å². The summed E-state index contributed by atoms with van der Waals surface area (Å²) < 4.78 is 28.4. The first-order valence-electron chi connectivity index (χ1n) is 10.6. The summed E-state index contributed by atoms with van der Waals surface area (Å²) in [5.74, 6) is 0. The summed E-state index contributed by atoms with van der Waals surface area (Å²) >= 11 is 0. The lowest BCUT2D eigenvalue weighted by Crippen LogP contribution is -2.47. The highest BCUT2D eigenvalue weighted by Gasteiger charge is 2.18. The highest BCUT2D eigenvalue weighted by atomic mass is 32.2. The molecule has 0 aliphatic carbocycles. The summed E-state index contributed by atoms with van der Waals surface area (Å²) in [4.78, 5) is 5.31. The molecule has 0 bridgehead atoms. The molecule has 29 heavy (non-hydrogen) atoms. The number of hydrogen-bond donors (Lipinski definition) is 2. The van der Waals surface area contributed by atoms with Gasteiger partial charge < -0.3 is 15.1 Å². The molecule has 160 valence electrons. The summed E-state index contributed by atoms with van der Waals surface area (Å²) in [6, 6.07) is 11.3. The second-order valence-corrected chi connectivity index (χ2v) is 9.61. The van der Waals surface area contributed by atoms with Crippen molar-refractivity contribution in [3.8, 4) is 0 Å². The average molecular weight is 419 g/mol. The fourth-order valence-corrected chi connectivity index (χ4v) is 5.21. The number of piperazine rings is 1. The van der Waals surface area contributed by atoms with Gasteiger partial charge in [0.2, 0.25) is 10.0 Å². The highest BCUT2D eigenvalue weighted by molar-refractivity contribution is 7.89. The first kappa shape index (κ1) is 22.2. The molecule has 0 spiro atoms. The van der Waals surface area contributed by atoms with Gasteiger partial charge in [0.15, 0.2) is 0 Å². The molecule has 1 heterocycles. The first-order chi connectivity index (χ1) is 14.0. The van der Waals surface area contributed by atoms with E-state index in [1.807, 2.05) is 44.3 Å². The Hall–Kier alpha value is -1.51. The standard InChI is InChI=1S/C22H34N4O2S/c1-19-8-9-21-20(18-19)6-3-7-22(21)29(27,28)24-11-5-13-26-16-14-25(15-17-26)12-4-10-23-2/h3,6-9,18,23-24H,4-5,10-17H2,1-2H3. The Morgan fingerprint density at radius 1 is 0.931 bits per heavy atom. The number of sulfonamides is 1. The zero-order chi connectivity index (χ0) is 20.7. The SMILES string of the molecule is CNCCCN1CCN(CCCNS(=O)(=O)c2cccc3cc(C)ccc23)CC1.